The van der Waals surface area contributed by atoms with E-state index in [9.17, 15) is 4.79 Å². The zero-order valence-corrected chi connectivity index (χ0v) is 8.76. The van der Waals surface area contributed by atoms with Crippen LogP contribution in [-0.2, 0) is 4.79 Å². The predicted octanol–water partition coefficient (Wildman–Crippen LogP) is 1.62. The zero-order valence-electron chi connectivity index (χ0n) is 8.00. The number of hydrogen-bond acceptors (Lipinski definition) is 2. The van der Waals surface area contributed by atoms with Crippen molar-refractivity contribution in [1.29, 1.82) is 0 Å². The van der Waals surface area contributed by atoms with Crippen molar-refractivity contribution in [2.24, 2.45) is 0 Å². The average Bonchev–Trinajstić information content (AvgIpc) is 2.15. The van der Waals surface area contributed by atoms with Gasteiger partial charge in [0.2, 0.25) is 0 Å². The van der Waals surface area contributed by atoms with Crippen molar-refractivity contribution in [1.82, 2.24) is 0 Å². The van der Waals surface area contributed by atoms with Gasteiger partial charge in [-0.3, -0.25) is 4.79 Å². The second kappa shape index (κ2) is 8.86. The standard InChI is InChI=1S/C10H15ClO3/c11-8-9(12)6-4-2-1-3-5-7-10(13)14/h9,12H,1,3,5-8H2,(H,13,14)/t9-/m0/s1. The highest BCUT2D eigenvalue weighted by molar-refractivity contribution is 6.18. The molecule has 0 aliphatic carbocycles. The summed E-state index contributed by atoms with van der Waals surface area (Å²) in [4.78, 5) is 10.1. The Kier molecular flexibility index (Phi) is 8.40. The summed E-state index contributed by atoms with van der Waals surface area (Å²) in [6.45, 7) is 0. The Morgan fingerprint density at radius 1 is 1.36 bits per heavy atom. The molecule has 4 heteroatoms. The molecule has 0 aromatic carbocycles. The number of carboxylic acid groups (broad SMARTS) is 1. The monoisotopic (exact) mass is 218 g/mol. The Balaban J connectivity index is 3.30. The van der Waals surface area contributed by atoms with E-state index in [-0.39, 0.29) is 12.3 Å². The molecule has 0 heterocycles. The van der Waals surface area contributed by atoms with Gasteiger partial charge in [-0.15, -0.1) is 23.4 Å². The van der Waals surface area contributed by atoms with Crippen LogP contribution in [0.4, 0.5) is 0 Å². The van der Waals surface area contributed by atoms with E-state index in [1.807, 2.05) is 0 Å². The van der Waals surface area contributed by atoms with Gasteiger partial charge in [0.1, 0.15) is 0 Å². The highest BCUT2D eigenvalue weighted by Crippen LogP contribution is 1.99. The number of halogens is 1. The van der Waals surface area contributed by atoms with E-state index >= 15 is 0 Å². The number of carboxylic acids is 1. The molecule has 0 bridgehead atoms. The molecule has 0 fully saturated rings. The Morgan fingerprint density at radius 3 is 2.64 bits per heavy atom. The van der Waals surface area contributed by atoms with Crippen LogP contribution in [0.5, 0.6) is 0 Å². The minimum Gasteiger partial charge on any atom is -0.481 e. The number of aliphatic hydroxyl groups is 1. The fourth-order valence-electron chi connectivity index (χ4n) is 0.823. The molecule has 1 atom stereocenters. The topological polar surface area (TPSA) is 57.5 Å². The molecule has 2 N–H and O–H groups in total. The lowest BCUT2D eigenvalue weighted by atomic mass is 10.2. The predicted molar refractivity (Wildman–Crippen MR) is 55.2 cm³/mol. The van der Waals surface area contributed by atoms with Crippen LogP contribution >= 0.6 is 11.6 Å². The molecule has 0 rings (SSSR count). The molecule has 0 aliphatic heterocycles. The fourth-order valence-corrected chi connectivity index (χ4v) is 0.932. The molecule has 0 aromatic heterocycles. The van der Waals surface area contributed by atoms with Crippen molar-refractivity contribution in [3.63, 3.8) is 0 Å². The molecule has 0 aliphatic rings. The van der Waals surface area contributed by atoms with Gasteiger partial charge in [-0.2, -0.15) is 0 Å². The minimum atomic E-state index is -0.768. The third-order valence-electron chi connectivity index (χ3n) is 1.58. The molecule has 0 saturated carbocycles. The van der Waals surface area contributed by atoms with Crippen molar-refractivity contribution in [2.75, 3.05) is 5.88 Å². The Morgan fingerprint density at radius 2 is 2.07 bits per heavy atom. The molecular weight excluding hydrogens is 204 g/mol. The first kappa shape index (κ1) is 13.3. The van der Waals surface area contributed by atoms with Crippen molar-refractivity contribution in [3.05, 3.63) is 0 Å². The molecule has 80 valence electrons. The van der Waals surface area contributed by atoms with Crippen LogP contribution < -0.4 is 0 Å². The Hall–Kier alpha value is -0.720. The second-order valence-corrected chi connectivity index (χ2v) is 3.28. The molecule has 14 heavy (non-hydrogen) atoms. The molecule has 3 nitrogen and oxygen atoms in total. The third-order valence-corrected chi connectivity index (χ3v) is 1.94. The number of aliphatic hydroxyl groups excluding tert-OH is 1. The van der Waals surface area contributed by atoms with Gasteiger partial charge in [0.25, 0.3) is 0 Å². The van der Waals surface area contributed by atoms with Gasteiger partial charge in [0.15, 0.2) is 0 Å². The lowest BCUT2D eigenvalue weighted by Crippen LogP contribution is -2.05. The first-order valence-corrected chi connectivity index (χ1v) is 5.11. The van der Waals surface area contributed by atoms with Gasteiger partial charge in [-0.25, -0.2) is 0 Å². The Labute approximate surface area is 89.1 Å². The fraction of sp³-hybridized carbons (Fsp3) is 0.700. The summed E-state index contributed by atoms with van der Waals surface area (Å²) in [6.07, 6.45) is 2.16. The maximum absolute atomic E-state index is 10.1. The van der Waals surface area contributed by atoms with Crippen LogP contribution in [0.2, 0.25) is 0 Å². The first-order chi connectivity index (χ1) is 6.66. The van der Waals surface area contributed by atoms with Crippen molar-refractivity contribution in [2.45, 2.75) is 38.2 Å². The summed E-state index contributed by atoms with van der Waals surface area (Å²) in [5.74, 6) is 5.09. The largest absolute Gasteiger partial charge is 0.481 e. The van der Waals surface area contributed by atoms with E-state index in [2.05, 4.69) is 11.8 Å². The molecule has 0 spiro atoms. The van der Waals surface area contributed by atoms with Crippen LogP contribution in [0.25, 0.3) is 0 Å². The highest BCUT2D eigenvalue weighted by atomic mass is 35.5. The van der Waals surface area contributed by atoms with Crippen molar-refractivity contribution in [3.8, 4) is 11.8 Å². The number of carbonyl (C=O) groups is 1. The van der Waals surface area contributed by atoms with E-state index in [1.165, 1.54) is 0 Å². The third kappa shape index (κ3) is 9.37. The van der Waals surface area contributed by atoms with Crippen LogP contribution in [0.3, 0.4) is 0 Å². The van der Waals surface area contributed by atoms with Crippen molar-refractivity contribution < 1.29 is 15.0 Å². The number of hydrogen-bond donors (Lipinski definition) is 2. The second-order valence-electron chi connectivity index (χ2n) is 2.97. The lowest BCUT2D eigenvalue weighted by molar-refractivity contribution is -0.137. The van der Waals surface area contributed by atoms with Crippen LogP contribution in [0, 0.1) is 11.8 Å². The van der Waals surface area contributed by atoms with Crippen molar-refractivity contribution >= 4 is 17.6 Å². The number of aliphatic carboxylic acids is 1. The van der Waals surface area contributed by atoms with Gasteiger partial charge in [0, 0.05) is 25.1 Å². The molecule has 0 aromatic rings. The number of rotatable bonds is 6. The zero-order chi connectivity index (χ0) is 10.8. The van der Waals surface area contributed by atoms with Gasteiger partial charge >= 0.3 is 5.97 Å². The van der Waals surface area contributed by atoms with Gasteiger partial charge in [-0.1, -0.05) is 0 Å². The normalized spacial score (nSPS) is 11.6. The van der Waals surface area contributed by atoms with E-state index in [0.29, 0.717) is 19.3 Å². The summed E-state index contributed by atoms with van der Waals surface area (Å²) in [6, 6.07) is 0. The van der Waals surface area contributed by atoms with E-state index in [0.717, 1.165) is 6.42 Å². The minimum absolute atomic E-state index is 0.200. The summed E-state index contributed by atoms with van der Waals surface area (Å²) in [5.41, 5.74) is 0. The Bertz CT molecular complexity index is 217. The molecular formula is C10H15ClO3. The quantitative estimate of drug-likeness (QED) is 0.405. The smallest absolute Gasteiger partial charge is 0.303 e. The summed E-state index contributed by atoms with van der Waals surface area (Å²) in [7, 11) is 0. The summed E-state index contributed by atoms with van der Waals surface area (Å²) in [5, 5.41) is 17.4. The SMILES string of the molecule is O=C(O)CCCCC#CC[C@H](O)CCl. The first-order valence-electron chi connectivity index (χ1n) is 4.58. The lowest BCUT2D eigenvalue weighted by Gasteiger charge is -1.97. The maximum Gasteiger partial charge on any atom is 0.303 e. The van der Waals surface area contributed by atoms with E-state index in [1.54, 1.807) is 0 Å². The highest BCUT2D eigenvalue weighted by Gasteiger charge is 1.97. The number of alkyl halides is 1. The van der Waals surface area contributed by atoms with Crippen LogP contribution in [0.1, 0.15) is 32.1 Å². The van der Waals surface area contributed by atoms with E-state index < -0.39 is 12.1 Å². The number of unbranched alkanes of at least 4 members (excludes halogenated alkanes) is 2. The van der Waals surface area contributed by atoms with Crippen LogP contribution in [0.15, 0.2) is 0 Å². The van der Waals surface area contributed by atoms with Gasteiger partial charge in [-0.05, 0) is 12.8 Å². The summed E-state index contributed by atoms with van der Waals surface area (Å²) >= 11 is 5.37. The maximum atomic E-state index is 10.1. The molecule has 0 radical (unpaired) electrons. The summed E-state index contributed by atoms with van der Waals surface area (Å²) < 4.78 is 0. The van der Waals surface area contributed by atoms with Gasteiger partial charge in [0.05, 0.1) is 6.10 Å². The molecule has 0 amide bonds. The van der Waals surface area contributed by atoms with Gasteiger partial charge < -0.3 is 10.2 Å². The van der Waals surface area contributed by atoms with Crippen LogP contribution in [-0.4, -0.2) is 28.2 Å². The molecule has 0 unspecified atom stereocenters. The van der Waals surface area contributed by atoms with E-state index in [4.69, 9.17) is 21.8 Å². The molecule has 0 saturated heterocycles. The average molecular weight is 219 g/mol.